The molecule has 3 N–H and O–H groups in total. The van der Waals surface area contributed by atoms with Gasteiger partial charge in [0.1, 0.15) is 5.71 Å². The molecular weight excluding hydrogens is 221 g/mol. The molecule has 0 aromatic rings. The summed E-state index contributed by atoms with van der Waals surface area (Å²) in [5, 5.41) is 7.11. The van der Waals surface area contributed by atoms with Gasteiger partial charge in [0.2, 0.25) is 0 Å². The molecule has 2 bridgehead atoms. The van der Waals surface area contributed by atoms with Gasteiger partial charge in [-0.15, -0.1) is 0 Å². The van der Waals surface area contributed by atoms with Crippen LogP contribution in [0, 0.1) is 11.3 Å². The molecule has 0 aromatic heterocycles. The maximum atomic E-state index is 12.4. The molecule has 2 aliphatic rings. The molecule has 6 heteroatoms. The maximum absolute atomic E-state index is 12.4. The fourth-order valence-corrected chi connectivity index (χ4v) is 2.52. The zero-order chi connectivity index (χ0) is 11.9. The number of alkyl halides is 3. The molecule has 2 saturated heterocycles. The average Bonchev–Trinajstić information content (AvgIpc) is 2.78. The van der Waals surface area contributed by atoms with Crippen molar-refractivity contribution in [1.82, 2.24) is 0 Å². The van der Waals surface area contributed by atoms with Gasteiger partial charge in [0.05, 0.1) is 12.2 Å². The van der Waals surface area contributed by atoms with Gasteiger partial charge in [-0.2, -0.15) is 13.2 Å². The van der Waals surface area contributed by atoms with Crippen molar-refractivity contribution in [2.24, 2.45) is 11.7 Å². The molecule has 16 heavy (non-hydrogen) atoms. The predicted octanol–water partition coefficient (Wildman–Crippen LogP) is 1.98. The first-order chi connectivity index (χ1) is 7.43. The van der Waals surface area contributed by atoms with E-state index < -0.39 is 11.9 Å². The molecule has 2 fully saturated rings. The van der Waals surface area contributed by atoms with E-state index in [0.29, 0.717) is 6.42 Å². The molecule has 2 rings (SSSR count). The van der Waals surface area contributed by atoms with Gasteiger partial charge in [-0.05, 0) is 25.5 Å². The number of ether oxygens (including phenoxy) is 1. The Balaban J connectivity index is 2.16. The van der Waals surface area contributed by atoms with Crippen LogP contribution >= 0.6 is 0 Å². The van der Waals surface area contributed by atoms with E-state index in [2.05, 4.69) is 0 Å². The highest BCUT2D eigenvalue weighted by Crippen LogP contribution is 2.43. The number of nitrogens with two attached hydrogens (primary N) is 1. The van der Waals surface area contributed by atoms with E-state index in [4.69, 9.17) is 15.9 Å². The summed E-state index contributed by atoms with van der Waals surface area (Å²) in [7, 11) is 0. The molecule has 0 saturated carbocycles. The van der Waals surface area contributed by atoms with E-state index in [1.165, 1.54) is 0 Å². The zero-order valence-electron chi connectivity index (χ0n) is 8.55. The number of halogens is 3. The SMILES string of the molecule is N=C(/C(=C\N)C1CC2CCC1O2)C(F)(F)F. The van der Waals surface area contributed by atoms with E-state index in [-0.39, 0.29) is 23.7 Å². The van der Waals surface area contributed by atoms with Crippen molar-refractivity contribution in [3.8, 4) is 0 Å². The summed E-state index contributed by atoms with van der Waals surface area (Å²) in [6, 6.07) is 0. The summed E-state index contributed by atoms with van der Waals surface area (Å²) in [6.45, 7) is 0. The van der Waals surface area contributed by atoms with Crippen LogP contribution in [0.3, 0.4) is 0 Å². The molecule has 0 amide bonds. The van der Waals surface area contributed by atoms with Crippen LogP contribution in [0.1, 0.15) is 19.3 Å². The Morgan fingerprint density at radius 3 is 2.44 bits per heavy atom. The molecule has 0 aliphatic carbocycles. The molecule has 0 aromatic carbocycles. The standard InChI is InChI=1S/C10H13F3N2O/c11-10(12,13)9(15)7(4-14)6-3-5-1-2-8(6)16-5/h4-6,8,15H,1-3,14H2/b7-4-,15-9?. The van der Waals surface area contributed by atoms with Gasteiger partial charge in [0.25, 0.3) is 0 Å². The van der Waals surface area contributed by atoms with E-state index in [9.17, 15) is 13.2 Å². The number of hydrogen-bond acceptors (Lipinski definition) is 3. The monoisotopic (exact) mass is 234 g/mol. The first-order valence-corrected chi connectivity index (χ1v) is 5.17. The number of rotatable bonds is 2. The lowest BCUT2D eigenvalue weighted by Crippen LogP contribution is -2.31. The highest BCUT2D eigenvalue weighted by Gasteiger charge is 2.47. The van der Waals surface area contributed by atoms with Gasteiger partial charge < -0.3 is 10.5 Å². The largest absolute Gasteiger partial charge is 0.432 e. The Morgan fingerprint density at radius 2 is 2.06 bits per heavy atom. The first kappa shape index (κ1) is 11.4. The molecule has 3 atom stereocenters. The lowest BCUT2D eigenvalue weighted by Gasteiger charge is -2.22. The number of nitrogens with one attached hydrogen (secondary N) is 1. The minimum Gasteiger partial charge on any atom is -0.404 e. The van der Waals surface area contributed by atoms with Crippen LogP contribution in [0.25, 0.3) is 0 Å². The molecule has 3 unspecified atom stereocenters. The van der Waals surface area contributed by atoms with Crippen LogP contribution < -0.4 is 5.73 Å². The summed E-state index contributed by atoms with van der Waals surface area (Å²) < 4.78 is 42.7. The molecule has 0 radical (unpaired) electrons. The van der Waals surface area contributed by atoms with Gasteiger partial charge in [0, 0.05) is 11.5 Å². The van der Waals surface area contributed by atoms with Crippen LogP contribution in [-0.2, 0) is 4.74 Å². The maximum Gasteiger partial charge on any atom is 0.432 e. The normalized spacial score (nSPS) is 34.4. The molecule has 2 aliphatic heterocycles. The van der Waals surface area contributed by atoms with Gasteiger partial charge in [-0.25, -0.2) is 0 Å². The summed E-state index contributed by atoms with van der Waals surface area (Å²) in [6.07, 6.45) is -1.66. The van der Waals surface area contributed by atoms with Crippen molar-refractivity contribution in [3.05, 3.63) is 11.8 Å². The van der Waals surface area contributed by atoms with Crippen LogP contribution in [0.4, 0.5) is 13.2 Å². The summed E-state index contributed by atoms with van der Waals surface area (Å²) in [5.74, 6) is -0.363. The number of hydrogen-bond donors (Lipinski definition) is 2. The van der Waals surface area contributed by atoms with Gasteiger partial charge in [0.15, 0.2) is 0 Å². The highest BCUT2D eigenvalue weighted by atomic mass is 19.4. The van der Waals surface area contributed by atoms with E-state index in [0.717, 1.165) is 19.0 Å². The van der Waals surface area contributed by atoms with Crippen molar-refractivity contribution in [2.75, 3.05) is 0 Å². The average molecular weight is 234 g/mol. The zero-order valence-corrected chi connectivity index (χ0v) is 8.55. The second-order valence-electron chi connectivity index (χ2n) is 4.21. The van der Waals surface area contributed by atoms with Crippen molar-refractivity contribution < 1.29 is 17.9 Å². The Bertz CT molecular complexity index is 337. The molecular formula is C10H13F3N2O. The topological polar surface area (TPSA) is 59.1 Å². The summed E-state index contributed by atoms with van der Waals surface area (Å²) in [5.41, 5.74) is 3.76. The quantitative estimate of drug-likeness (QED) is 0.718. The lowest BCUT2D eigenvalue weighted by molar-refractivity contribution is -0.0595. The summed E-state index contributed by atoms with van der Waals surface area (Å²) >= 11 is 0. The third-order valence-electron chi connectivity index (χ3n) is 3.26. The number of fused-ring (bicyclic) bond motifs is 2. The Labute approximate surface area is 91.0 Å². The minimum atomic E-state index is -4.63. The van der Waals surface area contributed by atoms with Crippen LogP contribution in [0.5, 0.6) is 0 Å². The third-order valence-corrected chi connectivity index (χ3v) is 3.26. The smallest absolute Gasteiger partial charge is 0.404 e. The van der Waals surface area contributed by atoms with Gasteiger partial charge in [-0.3, -0.25) is 5.41 Å². The summed E-state index contributed by atoms with van der Waals surface area (Å²) in [4.78, 5) is 0. The van der Waals surface area contributed by atoms with Crippen LogP contribution in [0.15, 0.2) is 11.8 Å². The Hall–Kier alpha value is -1.04. The molecule has 90 valence electrons. The van der Waals surface area contributed by atoms with E-state index >= 15 is 0 Å². The van der Waals surface area contributed by atoms with E-state index in [1.807, 2.05) is 0 Å². The first-order valence-electron chi connectivity index (χ1n) is 5.17. The van der Waals surface area contributed by atoms with E-state index in [1.54, 1.807) is 0 Å². The highest BCUT2D eigenvalue weighted by molar-refractivity contribution is 6.02. The van der Waals surface area contributed by atoms with Gasteiger partial charge in [-0.1, -0.05) is 0 Å². The Kier molecular flexibility index (Phi) is 2.69. The molecule has 0 spiro atoms. The predicted molar refractivity (Wildman–Crippen MR) is 52.1 cm³/mol. The van der Waals surface area contributed by atoms with Gasteiger partial charge >= 0.3 is 6.18 Å². The second-order valence-corrected chi connectivity index (χ2v) is 4.21. The molecule has 2 heterocycles. The van der Waals surface area contributed by atoms with Crippen LogP contribution in [0.2, 0.25) is 0 Å². The Morgan fingerprint density at radius 1 is 1.38 bits per heavy atom. The van der Waals surface area contributed by atoms with Crippen molar-refractivity contribution in [2.45, 2.75) is 37.6 Å². The van der Waals surface area contributed by atoms with Crippen molar-refractivity contribution in [3.63, 3.8) is 0 Å². The minimum absolute atomic E-state index is 0.0472. The van der Waals surface area contributed by atoms with Crippen LogP contribution in [-0.4, -0.2) is 24.1 Å². The third kappa shape index (κ3) is 1.81. The fraction of sp³-hybridized carbons (Fsp3) is 0.700. The van der Waals surface area contributed by atoms with Crippen molar-refractivity contribution in [1.29, 1.82) is 5.41 Å². The second kappa shape index (κ2) is 3.76. The van der Waals surface area contributed by atoms with Crippen molar-refractivity contribution >= 4 is 5.71 Å². The fourth-order valence-electron chi connectivity index (χ4n) is 2.52. The molecule has 3 nitrogen and oxygen atoms in total. The lowest BCUT2D eigenvalue weighted by atomic mass is 9.82.